The lowest BCUT2D eigenvalue weighted by molar-refractivity contribution is 0.451. The zero-order valence-corrected chi connectivity index (χ0v) is 5.89. The van der Waals surface area contributed by atoms with E-state index < -0.39 is 0 Å². The first kappa shape index (κ1) is 7.08. The van der Waals surface area contributed by atoms with Crippen LogP contribution < -0.4 is 5.73 Å². The van der Waals surface area contributed by atoms with Gasteiger partial charge in [-0.2, -0.15) is 4.98 Å². The molecule has 0 saturated heterocycles. The summed E-state index contributed by atoms with van der Waals surface area (Å²) in [5, 5.41) is 8.98. The molecule has 0 radical (unpaired) electrons. The molecule has 0 fully saturated rings. The van der Waals surface area contributed by atoms with Gasteiger partial charge in [-0.1, -0.05) is 0 Å². The van der Waals surface area contributed by atoms with Gasteiger partial charge in [0.15, 0.2) is 0 Å². The number of rotatable bonds is 2. The molecule has 4 nitrogen and oxygen atoms in total. The number of nitrogens with two attached hydrogens (primary N) is 1. The molecule has 10 heavy (non-hydrogen) atoms. The van der Waals surface area contributed by atoms with E-state index in [0.717, 1.165) is 5.82 Å². The Hall–Kier alpha value is -1.03. The maximum Gasteiger partial charge on any atom is 0.232 e. The van der Waals surface area contributed by atoms with Crippen molar-refractivity contribution in [2.45, 2.75) is 13.3 Å². The highest BCUT2D eigenvalue weighted by Gasteiger charge is 2.01. The highest BCUT2D eigenvalue weighted by molar-refractivity contribution is 5.17. The molecule has 4 heteroatoms. The molecule has 1 aromatic rings. The highest BCUT2D eigenvalue weighted by atomic mass is 16.3. The number of nitrogens with one attached hydrogen (secondary N) is 1. The van der Waals surface area contributed by atoms with Crippen molar-refractivity contribution in [3.63, 3.8) is 0 Å². The maximum atomic E-state index is 8.98. The molecule has 0 aliphatic rings. The number of nitrogens with zero attached hydrogens (tertiary/aromatic N) is 1. The third-order valence-electron chi connectivity index (χ3n) is 1.29. The Morgan fingerprint density at radius 1 is 1.70 bits per heavy atom. The molecule has 0 unspecified atom stereocenters. The van der Waals surface area contributed by atoms with Crippen LogP contribution in [0.15, 0.2) is 0 Å². The summed E-state index contributed by atoms with van der Waals surface area (Å²) in [6.07, 6.45) is 0.682. The van der Waals surface area contributed by atoms with Crippen molar-refractivity contribution >= 4 is 0 Å². The largest absolute Gasteiger partial charge is 0.492 e. The lowest BCUT2D eigenvalue weighted by Gasteiger charge is -1.87. The van der Waals surface area contributed by atoms with Crippen molar-refractivity contribution in [1.29, 1.82) is 0 Å². The normalized spacial score (nSPS) is 10.2. The molecule has 0 atom stereocenters. The molecule has 0 spiro atoms. The van der Waals surface area contributed by atoms with Gasteiger partial charge in [-0.05, 0) is 13.5 Å². The Morgan fingerprint density at radius 3 is 2.80 bits per heavy atom. The number of H-pyrrole nitrogens is 1. The van der Waals surface area contributed by atoms with Gasteiger partial charge in [0.25, 0.3) is 0 Å². The van der Waals surface area contributed by atoms with Crippen molar-refractivity contribution in [3.8, 4) is 5.88 Å². The number of aromatic nitrogens is 2. The molecule has 1 aromatic heterocycles. The smallest absolute Gasteiger partial charge is 0.232 e. The molecule has 56 valence electrons. The fraction of sp³-hybridized carbons (Fsp3) is 0.500. The van der Waals surface area contributed by atoms with Gasteiger partial charge < -0.3 is 15.8 Å². The van der Waals surface area contributed by atoms with E-state index in [2.05, 4.69) is 9.97 Å². The number of hydrogen-bond acceptors (Lipinski definition) is 3. The van der Waals surface area contributed by atoms with Gasteiger partial charge in [-0.3, -0.25) is 0 Å². The average molecular weight is 141 g/mol. The predicted molar refractivity (Wildman–Crippen MR) is 37.7 cm³/mol. The summed E-state index contributed by atoms with van der Waals surface area (Å²) >= 11 is 0. The van der Waals surface area contributed by atoms with E-state index in [1.807, 2.05) is 0 Å². The molecule has 4 N–H and O–H groups in total. The zero-order valence-electron chi connectivity index (χ0n) is 5.89. The molecule has 1 rings (SSSR count). The quantitative estimate of drug-likeness (QED) is 0.539. The maximum absolute atomic E-state index is 8.98. The molecule has 0 bridgehead atoms. The standard InChI is InChI=1S/C6H11N3O/c1-4-6(10)9-5(8-4)2-3-7/h10H,2-3,7H2,1H3,(H,8,9). The van der Waals surface area contributed by atoms with E-state index in [1.54, 1.807) is 6.92 Å². The second-order valence-corrected chi connectivity index (χ2v) is 2.17. The van der Waals surface area contributed by atoms with Crippen molar-refractivity contribution in [3.05, 3.63) is 11.5 Å². The molecule has 0 aromatic carbocycles. The van der Waals surface area contributed by atoms with Crippen LogP contribution >= 0.6 is 0 Å². The van der Waals surface area contributed by atoms with Crippen LogP contribution in [0, 0.1) is 6.92 Å². The van der Waals surface area contributed by atoms with E-state index >= 15 is 0 Å². The summed E-state index contributed by atoms with van der Waals surface area (Å²) in [6.45, 7) is 2.31. The molecule has 0 saturated carbocycles. The van der Waals surface area contributed by atoms with Crippen LogP contribution in [0.4, 0.5) is 0 Å². The third kappa shape index (κ3) is 1.27. The minimum atomic E-state index is 0.0726. The lowest BCUT2D eigenvalue weighted by atomic mass is 10.4. The molecule has 0 amide bonds. The minimum Gasteiger partial charge on any atom is -0.492 e. The Balaban J connectivity index is 2.77. The average Bonchev–Trinajstić information content (AvgIpc) is 2.14. The van der Waals surface area contributed by atoms with Gasteiger partial charge in [0.2, 0.25) is 5.88 Å². The highest BCUT2D eigenvalue weighted by Crippen LogP contribution is 2.10. The van der Waals surface area contributed by atoms with Crippen LogP contribution in [-0.2, 0) is 6.42 Å². The van der Waals surface area contributed by atoms with Crippen LogP contribution in [0.3, 0.4) is 0 Å². The van der Waals surface area contributed by atoms with Gasteiger partial charge in [-0.25, -0.2) is 0 Å². The molecular weight excluding hydrogens is 130 g/mol. The molecule has 0 aliphatic heterocycles. The van der Waals surface area contributed by atoms with Crippen LogP contribution in [0.1, 0.15) is 11.5 Å². The number of aryl methyl sites for hydroxylation is 1. The summed E-state index contributed by atoms with van der Waals surface area (Å²) in [6, 6.07) is 0. The Bertz CT molecular complexity index is 199. The Labute approximate surface area is 59.1 Å². The van der Waals surface area contributed by atoms with Crippen LogP contribution in [0.25, 0.3) is 0 Å². The van der Waals surface area contributed by atoms with Crippen LogP contribution in [0.2, 0.25) is 0 Å². The number of aromatic amines is 1. The number of imidazole rings is 1. The van der Waals surface area contributed by atoms with Crippen molar-refractivity contribution < 1.29 is 5.11 Å². The topological polar surface area (TPSA) is 74.9 Å². The summed E-state index contributed by atoms with van der Waals surface area (Å²) in [7, 11) is 0. The van der Waals surface area contributed by atoms with Crippen molar-refractivity contribution in [2.24, 2.45) is 5.73 Å². The van der Waals surface area contributed by atoms with E-state index in [9.17, 15) is 0 Å². The first-order valence-electron chi connectivity index (χ1n) is 3.18. The minimum absolute atomic E-state index is 0.0726. The van der Waals surface area contributed by atoms with Gasteiger partial charge in [0, 0.05) is 6.42 Å². The van der Waals surface area contributed by atoms with E-state index in [0.29, 0.717) is 18.7 Å². The number of hydrogen-bond donors (Lipinski definition) is 3. The first-order chi connectivity index (χ1) is 4.74. The fourth-order valence-electron chi connectivity index (χ4n) is 0.767. The van der Waals surface area contributed by atoms with E-state index in [1.165, 1.54) is 0 Å². The van der Waals surface area contributed by atoms with Gasteiger partial charge in [0.05, 0.1) is 5.69 Å². The fourth-order valence-corrected chi connectivity index (χ4v) is 0.767. The summed E-state index contributed by atoms with van der Waals surface area (Å²) in [5.74, 6) is 0.820. The second kappa shape index (κ2) is 2.70. The monoisotopic (exact) mass is 141 g/mol. The Morgan fingerprint density at radius 2 is 2.40 bits per heavy atom. The van der Waals surface area contributed by atoms with Crippen LogP contribution in [0.5, 0.6) is 5.88 Å². The van der Waals surface area contributed by atoms with Gasteiger partial charge >= 0.3 is 0 Å². The second-order valence-electron chi connectivity index (χ2n) is 2.17. The lowest BCUT2D eigenvalue weighted by Crippen LogP contribution is -2.03. The van der Waals surface area contributed by atoms with Crippen molar-refractivity contribution in [1.82, 2.24) is 9.97 Å². The van der Waals surface area contributed by atoms with Gasteiger partial charge in [0.1, 0.15) is 5.82 Å². The van der Waals surface area contributed by atoms with Crippen molar-refractivity contribution in [2.75, 3.05) is 6.54 Å². The van der Waals surface area contributed by atoms with E-state index in [-0.39, 0.29) is 5.88 Å². The van der Waals surface area contributed by atoms with E-state index in [4.69, 9.17) is 10.8 Å². The third-order valence-corrected chi connectivity index (χ3v) is 1.29. The number of aromatic hydroxyl groups is 1. The zero-order chi connectivity index (χ0) is 7.56. The first-order valence-corrected chi connectivity index (χ1v) is 3.18. The SMILES string of the molecule is Cc1[nH]c(CCN)nc1O. The molecule has 0 aliphatic carbocycles. The summed E-state index contributed by atoms with van der Waals surface area (Å²) in [5.41, 5.74) is 5.98. The molecular formula is C6H11N3O. The van der Waals surface area contributed by atoms with Crippen LogP contribution in [-0.4, -0.2) is 21.6 Å². The molecule has 1 heterocycles. The van der Waals surface area contributed by atoms with Gasteiger partial charge in [-0.15, -0.1) is 0 Å². The summed E-state index contributed by atoms with van der Waals surface area (Å²) in [4.78, 5) is 6.72. The Kier molecular flexibility index (Phi) is 1.91. The predicted octanol–water partition coefficient (Wildman–Crippen LogP) is -0.0751. The summed E-state index contributed by atoms with van der Waals surface area (Å²) < 4.78 is 0.